The molecular formula is C17H24N2O. The standard InChI is InChI=1S/C17H24N2O/c1-14-6-8-17(9-7-14)19-10-11-20-13-16-5-3-2-4-15(16)12-18/h2-5,14,17,19H,6-11,13H2,1H3/t14-,17-. The second-order valence-electron chi connectivity index (χ2n) is 5.73. The van der Waals surface area contributed by atoms with Crippen molar-refractivity contribution in [3.63, 3.8) is 0 Å². The summed E-state index contributed by atoms with van der Waals surface area (Å²) in [4.78, 5) is 0. The summed E-state index contributed by atoms with van der Waals surface area (Å²) >= 11 is 0. The van der Waals surface area contributed by atoms with E-state index in [1.807, 2.05) is 24.3 Å². The summed E-state index contributed by atoms with van der Waals surface area (Å²) in [6.45, 7) is 4.46. The molecule has 1 aromatic rings. The molecule has 1 saturated carbocycles. The molecule has 108 valence electrons. The van der Waals surface area contributed by atoms with Gasteiger partial charge in [-0.3, -0.25) is 0 Å². The lowest BCUT2D eigenvalue weighted by molar-refractivity contribution is 0.118. The quantitative estimate of drug-likeness (QED) is 0.809. The van der Waals surface area contributed by atoms with Crippen molar-refractivity contribution in [2.24, 2.45) is 5.92 Å². The lowest BCUT2D eigenvalue weighted by Gasteiger charge is -2.27. The summed E-state index contributed by atoms with van der Waals surface area (Å²) in [5.74, 6) is 0.895. The molecule has 0 aliphatic heterocycles. The van der Waals surface area contributed by atoms with E-state index in [1.54, 1.807) is 0 Å². The molecule has 0 unspecified atom stereocenters. The number of nitrogens with zero attached hydrogens (tertiary/aromatic N) is 1. The van der Waals surface area contributed by atoms with Gasteiger partial charge in [0.2, 0.25) is 0 Å². The highest BCUT2D eigenvalue weighted by Gasteiger charge is 2.16. The van der Waals surface area contributed by atoms with Gasteiger partial charge in [-0.25, -0.2) is 0 Å². The Morgan fingerprint density at radius 3 is 2.75 bits per heavy atom. The molecule has 0 bridgehead atoms. The fourth-order valence-electron chi connectivity index (χ4n) is 2.74. The van der Waals surface area contributed by atoms with Crippen LogP contribution < -0.4 is 5.32 Å². The van der Waals surface area contributed by atoms with Crippen molar-refractivity contribution < 1.29 is 4.74 Å². The highest BCUT2D eigenvalue weighted by molar-refractivity contribution is 5.36. The molecule has 1 aromatic carbocycles. The second kappa shape index (κ2) is 8.04. The van der Waals surface area contributed by atoms with Crippen molar-refractivity contribution in [2.45, 2.75) is 45.3 Å². The zero-order valence-electron chi connectivity index (χ0n) is 12.3. The van der Waals surface area contributed by atoms with Crippen molar-refractivity contribution in [1.82, 2.24) is 5.32 Å². The van der Waals surface area contributed by atoms with Gasteiger partial charge in [-0.15, -0.1) is 0 Å². The predicted molar refractivity (Wildman–Crippen MR) is 80.2 cm³/mol. The molecule has 0 saturated heterocycles. The molecule has 1 aliphatic carbocycles. The van der Waals surface area contributed by atoms with Crippen LogP contribution in [0.3, 0.4) is 0 Å². The van der Waals surface area contributed by atoms with Gasteiger partial charge < -0.3 is 10.1 Å². The van der Waals surface area contributed by atoms with E-state index in [4.69, 9.17) is 10.00 Å². The fraction of sp³-hybridized carbons (Fsp3) is 0.588. The third kappa shape index (κ3) is 4.63. The first-order chi connectivity index (χ1) is 9.79. The first-order valence-electron chi connectivity index (χ1n) is 7.58. The highest BCUT2D eigenvalue weighted by atomic mass is 16.5. The van der Waals surface area contributed by atoms with Crippen molar-refractivity contribution in [1.29, 1.82) is 5.26 Å². The molecule has 3 nitrogen and oxygen atoms in total. The van der Waals surface area contributed by atoms with Gasteiger partial charge in [0.05, 0.1) is 24.8 Å². The van der Waals surface area contributed by atoms with Crippen LogP contribution in [0.25, 0.3) is 0 Å². The largest absolute Gasteiger partial charge is 0.375 e. The first kappa shape index (κ1) is 15.0. The smallest absolute Gasteiger partial charge is 0.0995 e. The average molecular weight is 272 g/mol. The van der Waals surface area contributed by atoms with Crippen LogP contribution in [-0.4, -0.2) is 19.2 Å². The molecule has 2 rings (SSSR count). The van der Waals surface area contributed by atoms with Crippen molar-refractivity contribution in [3.05, 3.63) is 35.4 Å². The van der Waals surface area contributed by atoms with Gasteiger partial charge in [0.25, 0.3) is 0 Å². The SMILES string of the molecule is C[C@H]1CC[C@H](NCCOCc2ccccc2C#N)CC1. The Balaban J connectivity index is 1.61. The summed E-state index contributed by atoms with van der Waals surface area (Å²) in [6.07, 6.45) is 5.26. The van der Waals surface area contributed by atoms with Crippen LogP contribution in [0.1, 0.15) is 43.7 Å². The van der Waals surface area contributed by atoms with Crippen LogP contribution >= 0.6 is 0 Å². The number of hydrogen-bond donors (Lipinski definition) is 1. The molecule has 0 atom stereocenters. The van der Waals surface area contributed by atoms with Crippen LogP contribution in [0.15, 0.2) is 24.3 Å². The maximum atomic E-state index is 8.99. The van der Waals surface area contributed by atoms with Crippen LogP contribution in [0, 0.1) is 17.2 Å². The molecule has 3 heteroatoms. The van der Waals surface area contributed by atoms with Gasteiger partial charge >= 0.3 is 0 Å². The monoisotopic (exact) mass is 272 g/mol. The van der Waals surface area contributed by atoms with E-state index < -0.39 is 0 Å². The molecule has 0 radical (unpaired) electrons. The van der Waals surface area contributed by atoms with E-state index in [0.29, 0.717) is 24.8 Å². The van der Waals surface area contributed by atoms with E-state index >= 15 is 0 Å². The Hall–Kier alpha value is -1.37. The van der Waals surface area contributed by atoms with Crippen LogP contribution in [0.2, 0.25) is 0 Å². The number of nitriles is 1. The van der Waals surface area contributed by atoms with Crippen LogP contribution in [0.5, 0.6) is 0 Å². The van der Waals surface area contributed by atoms with Crippen molar-refractivity contribution in [2.75, 3.05) is 13.2 Å². The number of benzene rings is 1. The number of ether oxygens (including phenoxy) is 1. The molecular weight excluding hydrogens is 248 g/mol. The summed E-state index contributed by atoms with van der Waals surface area (Å²) in [5.41, 5.74) is 1.68. The van der Waals surface area contributed by atoms with Gasteiger partial charge in [0.1, 0.15) is 0 Å². The maximum absolute atomic E-state index is 8.99. The van der Waals surface area contributed by atoms with Crippen molar-refractivity contribution in [3.8, 4) is 6.07 Å². The molecule has 0 amide bonds. The van der Waals surface area contributed by atoms with E-state index in [9.17, 15) is 0 Å². The van der Waals surface area contributed by atoms with Gasteiger partial charge in [-0.2, -0.15) is 5.26 Å². The Labute approximate surface area is 121 Å². The first-order valence-corrected chi connectivity index (χ1v) is 7.58. The lowest BCUT2D eigenvalue weighted by Crippen LogP contribution is -2.34. The zero-order chi connectivity index (χ0) is 14.2. The molecule has 0 heterocycles. The second-order valence-corrected chi connectivity index (χ2v) is 5.73. The minimum absolute atomic E-state index is 0.521. The third-order valence-corrected chi connectivity index (χ3v) is 4.09. The predicted octanol–water partition coefficient (Wildman–Crippen LogP) is 3.24. The summed E-state index contributed by atoms with van der Waals surface area (Å²) in [5, 5.41) is 12.6. The minimum Gasteiger partial charge on any atom is -0.375 e. The molecule has 1 aliphatic rings. The highest BCUT2D eigenvalue weighted by Crippen LogP contribution is 2.23. The Morgan fingerprint density at radius 1 is 1.25 bits per heavy atom. The van der Waals surface area contributed by atoms with E-state index in [1.165, 1.54) is 25.7 Å². The topological polar surface area (TPSA) is 45.0 Å². The Bertz CT molecular complexity index is 445. The van der Waals surface area contributed by atoms with Gasteiger partial charge in [-0.1, -0.05) is 25.1 Å². The van der Waals surface area contributed by atoms with Crippen LogP contribution in [0.4, 0.5) is 0 Å². The molecule has 0 spiro atoms. The van der Waals surface area contributed by atoms with Crippen LogP contribution in [-0.2, 0) is 11.3 Å². The third-order valence-electron chi connectivity index (χ3n) is 4.09. The van der Waals surface area contributed by atoms with E-state index in [2.05, 4.69) is 18.3 Å². The van der Waals surface area contributed by atoms with E-state index in [-0.39, 0.29) is 0 Å². The van der Waals surface area contributed by atoms with Gasteiger partial charge in [-0.05, 0) is 43.2 Å². The fourth-order valence-corrected chi connectivity index (χ4v) is 2.74. The minimum atomic E-state index is 0.521. The molecule has 1 fully saturated rings. The number of hydrogen-bond acceptors (Lipinski definition) is 3. The molecule has 20 heavy (non-hydrogen) atoms. The maximum Gasteiger partial charge on any atom is 0.0995 e. The van der Waals surface area contributed by atoms with Crippen molar-refractivity contribution >= 4 is 0 Å². The number of nitrogens with one attached hydrogen (secondary N) is 1. The van der Waals surface area contributed by atoms with Gasteiger partial charge in [0, 0.05) is 12.6 Å². The van der Waals surface area contributed by atoms with E-state index in [0.717, 1.165) is 18.0 Å². The zero-order valence-corrected chi connectivity index (χ0v) is 12.3. The Morgan fingerprint density at radius 2 is 2.00 bits per heavy atom. The summed E-state index contributed by atoms with van der Waals surface area (Å²) in [6, 6.07) is 10.5. The molecule has 1 N–H and O–H groups in total. The number of rotatable bonds is 6. The normalized spacial score (nSPS) is 22.4. The Kier molecular flexibility index (Phi) is 6.04. The lowest BCUT2D eigenvalue weighted by atomic mass is 9.87. The average Bonchev–Trinajstić information content (AvgIpc) is 2.49. The summed E-state index contributed by atoms with van der Waals surface area (Å²) in [7, 11) is 0. The molecule has 0 aromatic heterocycles. The summed E-state index contributed by atoms with van der Waals surface area (Å²) < 4.78 is 5.66. The van der Waals surface area contributed by atoms with Gasteiger partial charge in [0.15, 0.2) is 0 Å².